The van der Waals surface area contributed by atoms with Gasteiger partial charge < -0.3 is 4.98 Å². The molecule has 2 fully saturated rings. The maximum Gasteiger partial charge on any atom is 0.158 e. The van der Waals surface area contributed by atoms with Gasteiger partial charge in [0.15, 0.2) is 5.65 Å². The highest BCUT2D eigenvalue weighted by molar-refractivity contribution is 7.19. The number of pyridine rings is 1. The lowest BCUT2D eigenvalue weighted by molar-refractivity contribution is 0.192. The zero-order chi connectivity index (χ0) is 26.3. The van der Waals surface area contributed by atoms with Gasteiger partial charge in [0.2, 0.25) is 0 Å². The molecule has 5 nitrogen and oxygen atoms in total. The SMILES string of the molecule is [B]c1ccc(CN2CC3C[C@H]2C[C@H]3c2sc3[nH]c(-c4cn5ncnc5c(C)c4C)c(C(C)C)c3c2C)cc1. The van der Waals surface area contributed by atoms with E-state index in [-0.39, 0.29) is 0 Å². The Morgan fingerprint density at radius 3 is 2.58 bits per heavy atom. The van der Waals surface area contributed by atoms with E-state index in [1.54, 1.807) is 11.2 Å². The molecule has 0 amide bonds. The van der Waals surface area contributed by atoms with Crippen molar-refractivity contribution in [1.82, 2.24) is 24.5 Å². The topological polar surface area (TPSA) is 49.2 Å². The average Bonchev–Trinajstić information content (AvgIpc) is 3.70. The highest BCUT2D eigenvalue weighted by Gasteiger charge is 2.46. The first kappa shape index (κ1) is 24.2. The molecule has 0 spiro atoms. The fraction of sp³-hybridized carbons (Fsp3) is 0.419. The number of fused-ring (bicyclic) bond motifs is 4. The molecule has 7 rings (SSSR count). The van der Waals surface area contributed by atoms with E-state index < -0.39 is 0 Å². The van der Waals surface area contributed by atoms with Gasteiger partial charge in [-0.15, -0.1) is 11.3 Å². The smallest absolute Gasteiger partial charge is 0.158 e. The lowest BCUT2D eigenvalue weighted by Crippen LogP contribution is -2.34. The van der Waals surface area contributed by atoms with Crippen LogP contribution in [0.15, 0.2) is 36.8 Å². The van der Waals surface area contributed by atoms with E-state index in [1.165, 1.54) is 68.7 Å². The first-order valence-corrected chi connectivity index (χ1v) is 14.6. The number of aromatic amines is 1. The number of benzene rings is 1. The zero-order valence-electron chi connectivity index (χ0n) is 22.9. The third-order valence-corrected chi connectivity index (χ3v) is 10.6. The molecular formula is C31H34BN5S. The summed E-state index contributed by atoms with van der Waals surface area (Å²) in [6, 6.07) is 9.09. The summed E-state index contributed by atoms with van der Waals surface area (Å²) in [6.45, 7) is 13.6. The number of nitrogens with one attached hydrogen (secondary N) is 1. The van der Waals surface area contributed by atoms with E-state index in [0.29, 0.717) is 17.9 Å². The number of thiophene rings is 1. The Morgan fingerprint density at radius 1 is 1.08 bits per heavy atom. The molecule has 38 heavy (non-hydrogen) atoms. The first-order valence-electron chi connectivity index (χ1n) is 13.8. The van der Waals surface area contributed by atoms with Crippen molar-refractivity contribution in [3.8, 4) is 11.3 Å². The standard InChI is InChI=1S/C31H34BN5S/c1-16(2)26-27-19(5)29(24-11-23-10-21(24)13-36(23)12-20-6-8-22(32)9-7-20)38-31(27)35-28(26)25-14-37-30(33-15-34-37)18(4)17(25)3/h6-9,14-16,21,23-24,35H,10-13H2,1-5H3/t21?,23-,24+/m0/s1. The van der Waals surface area contributed by atoms with Crippen LogP contribution < -0.4 is 5.46 Å². The number of rotatable bonds is 5. The lowest BCUT2D eigenvalue weighted by Gasteiger charge is -2.31. The van der Waals surface area contributed by atoms with Crippen LogP contribution in [0.5, 0.6) is 0 Å². The van der Waals surface area contributed by atoms with Crippen molar-refractivity contribution in [1.29, 1.82) is 0 Å². The molecule has 3 atom stereocenters. The van der Waals surface area contributed by atoms with Gasteiger partial charge in [0.1, 0.15) is 19.0 Å². The van der Waals surface area contributed by atoms with Crippen LogP contribution in [-0.2, 0) is 6.54 Å². The van der Waals surface area contributed by atoms with Gasteiger partial charge in [-0.2, -0.15) is 5.10 Å². The third kappa shape index (κ3) is 3.62. The number of aromatic nitrogens is 4. The molecule has 5 heterocycles. The van der Waals surface area contributed by atoms with Crippen LogP contribution in [0.1, 0.15) is 71.2 Å². The van der Waals surface area contributed by atoms with E-state index in [9.17, 15) is 0 Å². The number of hydrogen-bond donors (Lipinski definition) is 1. The summed E-state index contributed by atoms with van der Waals surface area (Å²) in [5.74, 6) is 1.84. The second-order valence-electron chi connectivity index (χ2n) is 11.8. The molecule has 1 aromatic carbocycles. The molecular weight excluding hydrogens is 485 g/mol. The normalized spacial score (nSPS) is 21.6. The molecule has 4 aromatic heterocycles. The van der Waals surface area contributed by atoms with E-state index in [1.807, 2.05) is 28.0 Å². The van der Waals surface area contributed by atoms with Gasteiger partial charge in [-0.3, -0.25) is 4.90 Å². The van der Waals surface area contributed by atoms with Crippen molar-refractivity contribution in [2.45, 2.75) is 71.9 Å². The fourth-order valence-electron chi connectivity index (χ4n) is 7.26. The van der Waals surface area contributed by atoms with Crippen molar-refractivity contribution in [3.05, 3.63) is 69.5 Å². The Kier molecular flexibility index (Phi) is 5.61. The Morgan fingerprint density at radius 2 is 1.87 bits per heavy atom. The minimum atomic E-state index is 0.418. The molecule has 7 heteroatoms. The second kappa shape index (κ2) is 8.82. The van der Waals surface area contributed by atoms with Crippen LogP contribution in [0.3, 0.4) is 0 Å². The Bertz CT molecular complexity index is 1670. The van der Waals surface area contributed by atoms with Crippen molar-refractivity contribution in [3.63, 3.8) is 0 Å². The molecule has 1 saturated heterocycles. The minimum Gasteiger partial charge on any atom is -0.346 e. The number of piperidine rings is 1. The van der Waals surface area contributed by atoms with Gasteiger partial charge in [-0.25, -0.2) is 9.50 Å². The molecule has 1 unspecified atom stereocenters. The maximum absolute atomic E-state index is 5.90. The van der Waals surface area contributed by atoms with E-state index >= 15 is 0 Å². The molecule has 2 bridgehead atoms. The number of likely N-dealkylation sites (tertiary alicyclic amines) is 1. The Hall–Kier alpha value is -2.90. The summed E-state index contributed by atoms with van der Waals surface area (Å²) in [6.07, 6.45) is 6.39. The summed E-state index contributed by atoms with van der Waals surface area (Å²) < 4.78 is 1.92. The van der Waals surface area contributed by atoms with Gasteiger partial charge in [0.25, 0.3) is 0 Å². The van der Waals surface area contributed by atoms with Gasteiger partial charge in [-0.05, 0) is 79.2 Å². The third-order valence-electron chi connectivity index (χ3n) is 9.29. The van der Waals surface area contributed by atoms with Crippen LogP contribution >= 0.6 is 11.3 Å². The molecule has 2 aliphatic rings. The van der Waals surface area contributed by atoms with Crippen LogP contribution in [0, 0.1) is 26.7 Å². The Balaban J connectivity index is 1.22. The van der Waals surface area contributed by atoms with E-state index in [4.69, 9.17) is 7.85 Å². The van der Waals surface area contributed by atoms with E-state index in [2.05, 4.69) is 72.9 Å². The summed E-state index contributed by atoms with van der Waals surface area (Å²) in [5, 5.41) is 5.90. The molecule has 1 saturated carbocycles. The largest absolute Gasteiger partial charge is 0.346 e. The number of nitrogens with zero attached hydrogens (tertiary/aromatic N) is 4. The van der Waals surface area contributed by atoms with Gasteiger partial charge in [-0.1, -0.05) is 43.6 Å². The molecule has 1 aliphatic carbocycles. The van der Waals surface area contributed by atoms with Gasteiger partial charge in [0.05, 0.1) is 5.69 Å². The van der Waals surface area contributed by atoms with Crippen molar-refractivity contribution in [2.75, 3.05) is 6.54 Å². The van der Waals surface area contributed by atoms with Crippen LogP contribution in [0.25, 0.3) is 27.1 Å². The minimum absolute atomic E-state index is 0.418. The first-order chi connectivity index (χ1) is 18.3. The number of aryl methyl sites for hydroxylation is 2. The predicted octanol–water partition coefficient (Wildman–Crippen LogP) is 6.16. The van der Waals surface area contributed by atoms with Crippen LogP contribution in [0.4, 0.5) is 0 Å². The fourth-order valence-corrected chi connectivity index (χ4v) is 8.70. The lowest BCUT2D eigenvalue weighted by atomic mass is 9.88. The summed E-state index contributed by atoms with van der Waals surface area (Å²) in [4.78, 5) is 14.0. The van der Waals surface area contributed by atoms with Crippen molar-refractivity contribution in [2.24, 2.45) is 5.92 Å². The predicted molar refractivity (Wildman–Crippen MR) is 158 cm³/mol. The average molecular weight is 520 g/mol. The Labute approximate surface area is 229 Å². The van der Waals surface area contributed by atoms with Crippen LogP contribution in [0.2, 0.25) is 0 Å². The summed E-state index contributed by atoms with van der Waals surface area (Å²) in [5.41, 5.74) is 11.0. The second-order valence-corrected chi connectivity index (χ2v) is 12.9. The highest BCUT2D eigenvalue weighted by atomic mass is 32.1. The number of hydrogen-bond acceptors (Lipinski definition) is 4. The molecule has 5 aromatic rings. The van der Waals surface area contributed by atoms with Crippen molar-refractivity contribution < 1.29 is 0 Å². The number of H-pyrrole nitrogens is 1. The maximum atomic E-state index is 5.90. The molecule has 1 N–H and O–H groups in total. The molecule has 192 valence electrons. The zero-order valence-corrected chi connectivity index (χ0v) is 23.7. The van der Waals surface area contributed by atoms with Crippen molar-refractivity contribution >= 4 is 40.5 Å². The quantitative estimate of drug-likeness (QED) is 0.283. The molecule has 2 radical (unpaired) electrons. The highest BCUT2D eigenvalue weighted by Crippen LogP contribution is 2.53. The summed E-state index contributed by atoms with van der Waals surface area (Å²) >= 11 is 2.01. The van der Waals surface area contributed by atoms with Crippen LogP contribution in [-0.4, -0.2) is 44.9 Å². The van der Waals surface area contributed by atoms with Gasteiger partial charge >= 0.3 is 0 Å². The van der Waals surface area contributed by atoms with E-state index in [0.717, 1.165) is 23.6 Å². The molecule has 1 aliphatic heterocycles. The van der Waals surface area contributed by atoms with Gasteiger partial charge in [0, 0.05) is 41.2 Å². The monoisotopic (exact) mass is 519 g/mol. The summed E-state index contributed by atoms with van der Waals surface area (Å²) in [7, 11) is 5.90.